The Hall–Kier alpha value is -1.46. The second-order valence-electron chi connectivity index (χ2n) is 6.35. The van der Waals surface area contributed by atoms with E-state index < -0.39 is 0 Å². The van der Waals surface area contributed by atoms with E-state index in [1.54, 1.807) is 0 Å². The molecule has 0 amide bonds. The van der Waals surface area contributed by atoms with Crippen molar-refractivity contribution in [2.24, 2.45) is 11.7 Å². The van der Waals surface area contributed by atoms with Gasteiger partial charge in [0.05, 0.1) is 0 Å². The summed E-state index contributed by atoms with van der Waals surface area (Å²) in [4.78, 5) is 7.19. The quantitative estimate of drug-likeness (QED) is 0.932. The zero-order valence-corrected chi connectivity index (χ0v) is 13.0. The monoisotopic (exact) mass is 287 g/mol. The number of nitrogens with zero attached hydrogens (tertiary/aromatic N) is 4. The van der Waals surface area contributed by atoms with Gasteiger partial charge in [-0.2, -0.15) is 5.10 Å². The van der Waals surface area contributed by atoms with Crippen molar-refractivity contribution in [1.82, 2.24) is 19.5 Å². The van der Waals surface area contributed by atoms with Crippen LogP contribution in [0.2, 0.25) is 0 Å². The van der Waals surface area contributed by atoms with Crippen molar-refractivity contribution >= 4 is 5.65 Å². The van der Waals surface area contributed by atoms with Crippen LogP contribution in [0.4, 0.5) is 0 Å². The van der Waals surface area contributed by atoms with Crippen LogP contribution in [0.15, 0.2) is 18.3 Å². The molecule has 3 heterocycles. The molecule has 2 N–H and O–H groups in total. The van der Waals surface area contributed by atoms with Gasteiger partial charge < -0.3 is 10.6 Å². The number of nitrogens with two attached hydrogens (primary N) is 1. The van der Waals surface area contributed by atoms with Crippen molar-refractivity contribution < 1.29 is 0 Å². The molecule has 0 aromatic carbocycles. The van der Waals surface area contributed by atoms with Crippen molar-refractivity contribution in [3.8, 4) is 0 Å². The number of pyridine rings is 1. The summed E-state index contributed by atoms with van der Waals surface area (Å²) in [5.74, 6) is 1.68. The molecule has 2 aromatic heterocycles. The van der Waals surface area contributed by atoms with Gasteiger partial charge in [0, 0.05) is 25.2 Å². The molecule has 3 rings (SSSR count). The summed E-state index contributed by atoms with van der Waals surface area (Å²) >= 11 is 0. The predicted molar refractivity (Wildman–Crippen MR) is 84.0 cm³/mol. The molecular formula is C16H25N5. The molecule has 1 fully saturated rings. The maximum Gasteiger partial charge on any atom is 0.155 e. The molecule has 1 aliphatic heterocycles. The lowest BCUT2D eigenvalue weighted by molar-refractivity contribution is 0.148. The third-order valence-electron chi connectivity index (χ3n) is 4.52. The van der Waals surface area contributed by atoms with Crippen LogP contribution in [0.25, 0.3) is 5.65 Å². The van der Waals surface area contributed by atoms with Gasteiger partial charge in [-0.15, -0.1) is 0 Å². The molecule has 1 saturated heterocycles. The third-order valence-corrected chi connectivity index (χ3v) is 4.52. The Labute approximate surface area is 126 Å². The highest BCUT2D eigenvalue weighted by Gasteiger charge is 2.22. The number of rotatable bonds is 4. The molecule has 5 heteroatoms. The predicted octanol–water partition coefficient (Wildman–Crippen LogP) is 1.85. The lowest BCUT2D eigenvalue weighted by Gasteiger charge is -2.34. The lowest BCUT2D eigenvalue weighted by Crippen LogP contribution is -2.38. The standard InChI is InChI=1S/C16H25N5/c1-12(2)20-7-5-13(6-8-20)9-15-18-16-4-3-14(10-17)11-21(16)19-15/h3-4,11-13H,5-10,17H2,1-2H3. The zero-order chi connectivity index (χ0) is 14.8. The highest BCUT2D eigenvalue weighted by Crippen LogP contribution is 2.22. The van der Waals surface area contributed by atoms with Gasteiger partial charge in [0.15, 0.2) is 11.5 Å². The zero-order valence-electron chi connectivity index (χ0n) is 13.0. The Bertz CT molecular complexity index is 596. The van der Waals surface area contributed by atoms with Gasteiger partial charge in [0.2, 0.25) is 0 Å². The summed E-state index contributed by atoms with van der Waals surface area (Å²) < 4.78 is 1.86. The Morgan fingerprint density at radius 3 is 2.71 bits per heavy atom. The highest BCUT2D eigenvalue weighted by molar-refractivity contribution is 5.38. The first-order valence-electron chi connectivity index (χ1n) is 7.94. The van der Waals surface area contributed by atoms with Crippen LogP contribution < -0.4 is 5.73 Å². The molecule has 5 nitrogen and oxygen atoms in total. The summed E-state index contributed by atoms with van der Waals surface area (Å²) in [5.41, 5.74) is 7.67. The summed E-state index contributed by atoms with van der Waals surface area (Å²) in [6.07, 6.45) is 5.47. The number of likely N-dealkylation sites (tertiary alicyclic amines) is 1. The van der Waals surface area contributed by atoms with Gasteiger partial charge in [0.1, 0.15) is 0 Å². The summed E-state index contributed by atoms with van der Waals surface area (Å²) in [7, 11) is 0. The molecule has 0 unspecified atom stereocenters. The van der Waals surface area contributed by atoms with Crippen molar-refractivity contribution in [1.29, 1.82) is 0 Å². The molecule has 0 atom stereocenters. The molecule has 0 radical (unpaired) electrons. The largest absolute Gasteiger partial charge is 0.326 e. The average Bonchev–Trinajstić information content (AvgIpc) is 2.88. The average molecular weight is 287 g/mol. The summed E-state index contributed by atoms with van der Waals surface area (Å²) in [5, 5.41) is 4.61. The van der Waals surface area contributed by atoms with Crippen molar-refractivity contribution in [2.75, 3.05) is 13.1 Å². The Morgan fingerprint density at radius 2 is 2.05 bits per heavy atom. The summed E-state index contributed by atoms with van der Waals surface area (Å²) in [6, 6.07) is 4.68. The molecule has 114 valence electrons. The minimum absolute atomic E-state index is 0.540. The van der Waals surface area contributed by atoms with Crippen LogP contribution in [-0.2, 0) is 13.0 Å². The van der Waals surface area contributed by atoms with Crippen LogP contribution in [0.5, 0.6) is 0 Å². The topological polar surface area (TPSA) is 59.5 Å². The van der Waals surface area contributed by atoms with E-state index in [-0.39, 0.29) is 0 Å². The van der Waals surface area contributed by atoms with Crippen molar-refractivity contribution in [3.05, 3.63) is 29.7 Å². The van der Waals surface area contributed by atoms with E-state index in [4.69, 9.17) is 5.73 Å². The first-order chi connectivity index (χ1) is 10.2. The molecule has 0 saturated carbocycles. The van der Waals surface area contributed by atoms with Crippen LogP contribution in [-0.4, -0.2) is 38.6 Å². The molecule has 0 bridgehead atoms. The third kappa shape index (κ3) is 3.24. The minimum atomic E-state index is 0.540. The number of aromatic nitrogens is 3. The Kier molecular flexibility index (Phi) is 4.22. The van der Waals surface area contributed by atoms with Gasteiger partial charge in [0.25, 0.3) is 0 Å². The smallest absolute Gasteiger partial charge is 0.155 e. The highest BCUT2D eigenvalue weighted by atomic mass is 15.3. The van der Waals surface area contributed by atoms with E-state index in [1.807, 2.05) is 22.8 Å². The minimum Gasteiger partial charge on any atom is -0.326 e. The van der Waals surface area contributed by atoms with Crippen LogP contribution in [0, 0.1) is 5.92 Å². The number of fused-ring (bicyclic) bond motifs is 1. The normalized spacial score (nSPS) is 17.9. The lowest BCUT2D eigenvalue weighted by atomic mass is 9.93. The molecule has 0 aliphatic carbocycles. The van der Waals surface area contributed by atoms with Crippen LogP contribution >= 0.6 is 0 Å². The van der Waals surface area contributed by atoms with Crippen LogP contribution in [0.1, 0.15) is 38.1 Å². The van der Waals surface area contributed by atoms with Gasteiger partial charge in [-0.05, 0) is 57.3 Å². The first-order valence-corrected chi connectivity index (χ1v) is 7.94. The van der Waals surface area contributed by atoms with Crippen molar-refractivity contribution in [2.45, 2.75) is 45.7 Å². The number of hydrogen-bond acceptors (Lipinski definition) is 4. The maximum atomic E-state index is 5.67. The second kappa shape index (κ2) is 6.12. The van der Waals surface area contributed by atoms with E-state index in [0.717, 1.165) is 23.5 Å². The number of hydrogen-bond donors (Lipinski definition) is 1. The maximum absolute atomic E-state index is 5.67. The fourth-order valence-electron chi connectivity index (χ4n) is 3.11. The fourth-order valence-corrected chi connectivity index (χ4v) is 3.11. The van der Waals surface area contributed by atoms with E-state index >= 15 is 0 Å². The SMILES string of the molecule is CC(C)N1CCC(Cc2nc3ccc(CN)cn3n2)CC1. The molecular weight excluding hydrogens is 262 g/mol. The number of piperidine rings is 1. The van der Waals surface area contributed by atoms with Gasteiger partial charge >= 0.3 is 0 Å². The van der Waals surface area contributed by atoms with Gasteiger partial charge in [-0.3, -0.25) is 0 Å². The Balaban J connectivity index is 1.65. The first kappa shape index (κ1) is 14.5. The fraction of sp³-hybridized carbons (Fsp3) is 0.625. The Morgan fingerprint density at radius 1 is 1.29 bits per heavy atom. The van der Waals surface area contributed by atoms with Crippen molar-refractivity contribution in [3.63, 3.8) is 0 Å². The van der Waals surface area contributed by atoms with Gasteiger partial charge in [-0.1, -0.05) is 6.07 Å². The van der Waals surface area contributed by atoms with E-state index in [9.17, 15) is 0 Å². The van der Waals surface area contributed by atoms with Gasteiger partial charge in [-0.25, -0.2) is 9.50 Å². The van der Waals surface area contributed by atoms with E-state index in [0.29, 0.717) is 18.5 Å². The molecule has 21 heavy (non-hydrogen) atoms. The van der Waals surface area contributed by atoms with Crippen LogP contribution in [0.3, 0.4) is 0 Å². The molecule has 0 spiro atoms. The molecule has 1 aliphatic rings. The van der Waals surface area contributed by atoms with E-state index in [1.165, 1.54) is 25.9 Å². The second-order valence-corrected chi connectivity index (χ2v) is 6.35. The van der Waals surface area contributed by atoms with E-state index in [2.05, 4.69) is 28.8 Å². The summed E-state index contributed by atoms with van der Waals surface area (Å²) in [6.45, 7) is 7.50. The molecule has 2 aromatic rings.